The van der Waals surface area contributed by atoms with Crippen LogP contribution in [0, 0.1) is 5.92 Å². The zero-order chi connectivity index (χ0) is 40.1. The highest BCUT2D eigenvalue weighted by molar-refractivity contribution is 7.56. The number of rotatable bonds is 15. The second kappa shape index (κ2) is 17.9. The van der Waals surface area contributed by atoms with Crippen molar-refractivity contribution in [2.45, 2.75) is 102 Å². The van der Waals surface area contributed by atoms with Crippen LogP contribution in [0.3, 0.4) is 0 Å². The van der Waals surface area contributed by atoms with Crippen LogP contribution in [0.25, 0.3) is 10.1 Å². The van der Waals surface area contributed by atoms with E-state index in [4.69, 9.17) is 9.26 Å². The molecule has 3 saturated heterocycles. The first-order valence-electron chi connectivity index (χ1n) is 20.2. The van der Waals surface area contributed by atoms with E-state index in [0.29, 0.717) is 48.7 Å². The molecule has 0 saturated carbocycles. The summed E-state index contributed by atoms with van der Waals surface area (Å²) in [7, 11) is -3.70. The van der Waals surface area contributed by atoms with E-state index in [1.54, 1.807) is 48.4 Å². The van der Waals surface area contributed by atoms with Crippen molar-refractivity contribution >= 4 is 52.6 Å². The van der Waals surface area contributed by atoms with E-state index in [1.807, 2.05) is 47.5 Å². The van der Waals surface area contributed by atoms with Crippen LogP contribution in [0.5, 0.6) is 5.75 Å². The van der Waals surface area contributed by atoms with Gasteiger partial charge in [0.15, 0.2) is 0 Å². The number of carbonyl (C=O) groups excluding carboxylic acids is 4. The van der Waals surface area contributed by atoms with Gasteiger partial charge in [-0.25, -0.2) is 5.09 Å². The van der Waals surface area contributed by atoms with Gasteiger partial charge in [0.2, 0.25) is 11.8 Å². The lowest BCUT2D eigenvalue weighted by Crippen LogP contribution is -2.58. The Morgan fingerprint density at radius 1 is 0.982 bits per heavy atom. The number of nitrogens with zero attached hydrogens (tertiary/aromatic N) is 3. The molecule has 0 radical (unpaired) electrons. The average molecular weight is 814 g/mol. The monoisotopic (exact) mass is 813 g/mol. The first kappa shape index (κ1) is 40.6. The van der Waals surface area contributed by atoms with Crippen LogP contribution in [-0.4, -0.2) is 82.3 Å². The maximum Gasteiger partial charge on any atom is 0.323 e. The van der Waals surface area contributed by atoms with Crippen LogP contribution < -0.4 is 14.9 Å². The summed E-state index contributed by atoms with van der Waals surface area (Å²) in [5.74, 6) is -0.142. The van der Waals surface area contributed by atoms with E-state index in [2.05, 4.69) is 29.2 Å². The average Bonchev–Trinajstić information content (AvgIpc) is 3.78. The molecule has 5 heterocycles. The van der Waals surface area contributed by atoms with E-state index < -0.39 is 31.6 Å². The molecule has 5 atom stereocenters. The minimum Gasteiger partial charge on any atom is -0.464 e. The quantitative estimate of drug-likeness (QED) is 0.0933. The number of ether oxygens (including phenoxy) is 1. The van der Waals surface area contributed by atoms with Crippen LogP contribution in [0.4, 0.5) is 0 Å². The largest absolute Gasteiger partial charge is 0.464 e. The van der Waals surface area contributed by atoms with Gasteiger partial charge >= 0.3 is 13.5 Å². The molecule has 4 aromatic rings. The van der Waals surface area contributed by atoms with Crippen molar-refractivity contribution in [2.75, 3.05) is 19.7 Å². The summed E-state index contributed by atoms with van der Waals surface area (Å²) in [5, 5.41) is 6.75. The molecule has 302 valence electrons. The SMILES string of the molecule is CCC(CC)COC(=O)[C@H](C)NP(=O)(Cc1ccc2sc(C(=O)N[C@H]3CCC[C@H]4CC[C@@H](C(=O)N5CC(c6cccnc6)C5)N4C3=O)cc2c1)Oc1ccccc1. The van der Waals surface area contributed by atoms with Crippen molar-refractivity contribution in [1.82, 2.24) is 25.2 Å². The van der Waals surface area contributed by atoms with E-state index in [1.165, 1.54) is 11.3 Å². The van der Waals surface area contributed by atoms with Crippen molar-refractivity contribution in [3.8, 4) is 5.75 Å². The number of para-hydroxylation sites is 1. The first-order chi connectivity index (χ1) is 27.5. The predicted octanol–water partition coefficient (Wildman–Crippen LogP) is 7.29. The lowest BCUT2D eigenvalue weighted by Gasteiger charge is -2.42. The van der Waals surface area contributed by atoms with E-state index >= 15 is 0 Å². The van der Waals surface area contributed by atoms with Gasteiger partial charge in [-0.3, -0.25) is 28.7 Å². The van der Waals surface area contributed by atoms with Crippen LogP contribution in [-0.2, 0) is 29.8 Å². The lowest BCUT2D eigenvalue weighted by molar-refractivity contribution is -0.148. The summed E-state index contributed by atoms with van der Waals surface area (Å²) in [6, 6.07) is 18.0. The Balaban J connectivity index is 1.01. The Kier molecular flexibility index (Phi) is 12.8. The summed E-state index contributed by atoms with van der Waals surface area (Å²) in [6.45, 7) is 7.26. The third kappa shape index (κ3) is 9.43. The summed E-state index contributed by atoms with van der Waals surface area (Å²) in [6.07, 6.45) is 8.84. The van der Waals surface area contributed by atoms with Crippen molar-refractivity contribution in [3.63, 3.8) is 0 Å². The van der Waals surface area contributed by atoms with Crippen LogP contribution >= 0.6 is 18.9 Å². The molecule has 0 bridgehead atoms. The number of thiophene rings is 1. The highest BCUT2D eigenvalue weighted by Gasteiger charge is 2.47. The topological polar surface area (TPSA) is 147 Å². The number of aromatic nitrogens is 1. The third-order valence-corrected chi connectivity index (χ3v) is 14.8. The number of carbonyl (C=O) groups is 4. The van der Waals surface area contributed by atoms with Crippen LogP contribution in [0.1, 0.15) is 92.4 Å². The summed E-state index contributed by atoms with van der Waals surface area (Å²) >= 11 is 1.31. The maximum absolute atomic E-state index is 14.5. The molecule has 14 heteroatoms. The Morgan fingerprint density at radius 3 is 2.51 bits per heavy atom. The number of likely N-dealkylation sites (tertiary alicyclic amines) is 1. The highest BCUT2D eigenvalue weighted by Crippen LogP contribution is 2.47. The first-order valence-corrected chi connectivity index (χ1v) is 22.8. The summed E-state index contributed by atoms with van der Waals surface area (Å²) < 4.78 is 26.9. The minimum absolute atomic E-state index is 0.00839. The summed E-state index contributed by atoms with van der Waals surface area (Å²) in [5.41, 5.74) is 1.81. The minimum atomic E-state index is -3.70. The number of hydrogen-bond acceptors (Lipinski definition) is 9. The number of hydrogen-bond donors (Lipinski definition) is 2. The van der Waals surface area contributed by atoms with Gasteiger partial charge in [0.05, 0.1) is 17.6 Å². The number of fused-ring (bicyclic) bond motifs is 2. The fourth-order valence-electron chi connectivity index (χ4n) is 8.16. The van der Waals surface area contributed by atoms with Gasteiger partial charge in [-0.2, -0.15) is 0 Å². The molecule has 2 aromatic carbocycles. The smallest absolute Gasteiger partial charge is 0.323 e. The van der Waals surface area contributed by atoms with Gasteiger partial charge in [-0.05, 0) is 97.9 Å². The Morgan fingerprint density at radius 2 is 1.77 bits per heavy atom. The van der Waals surface area contributed by atoms with Gasteiger partial charge in [-0.15, -0.1) is 11.3 Å². The summed E-state index contributed by atoms with van der Waals surface area (Å²) in [4.78, 5) is 62.7. The number of esters is 1. The number of amides is 3. The molecule has 2 aromatic heterocycles. The zero-order valence-electron chi connectivity index (χ0n) is 32.8. The molecule has 7 rings (SSSR count). The number of pyridine rings is 1. The van der Waals surface area contributed by atoms with Crippen molar-refractivity contribution < 1.29 is 33.0 Å². The fraction of sp³-hybridized carbons (Fsp3) is 0.465. The molecular weight excluding hydrogens is 762 g/mol. The second-order valence-corrected chi connectivity index (χ2v) is 18.7. The Labute approximate surface area is 338 Å². The normalized spacial score (nSPS) is 21.3. The van der Waals surface area contributed by atoms with E-state index in [9.17, 15) is 23.7 Å². The molecule has 12 nitrogen and oxygen atoms in total. The molecule has 3 amide bonds. The van der Waals surface area contributed by atoms with Crippen molar-refractivity contribution in [3.05, 3.63) is 95.1 Å². The number of benzene rings is 2. The lowest BCUT2D eigenvalue weighted by atomic mass is 9.92. The van der Waals surface area contributed by atoms with Crippen molar-refractivity contribution in [1.29, 1.82) is 0 Å². The molecule has 3 aliphatic heterocycles. The van der Waals surface area contributed by atoms with Gasteiger partial charge < -0.3 is 24.4 Å². The molecule has 57 heavy (non-hydrogen) atoms. The van der Waals surface area contributed by atoms with Gasteiger partial charge in [0, 0.05) is 42.1 Å². The number of nitrogens with one attached hydrogen (secondary N) is 2. The van der Waals surface area contributed by atoms with Crippen molar-refractivity contribution in [2.24, 2.45) is 5.92 Å². The molecule has 1 unspecified atom stereocenters. The molecular formula is C43H52N5O7PS. The molecule has 0 spiro atoms. The zero-order valence-corrected chi connectivity index (χ0v) is 34.5. The second-order valence-electron chi connectivity index (χ2n) is 15.6. The van der Waals surface area contributed by atoms with E-state index in [0.717, 1.165) is 47.8 Å². The molecule has 0 aliphatic carbocycles. The van der Waals surface area contributed by atoms with E-state index in [-0.39, 0.29) is 41.8 Å². The third-order valence-electron chi connectivity index (χ3n) is 11.6. The van der Waals surface area contributed by atoms with Crippen LogP contribution in [0.2, 0.25) is 0 Å². The van der Waals surface area contributed by atoms with Crippen LogP contribution in [0.15, 0.2) is 79.1 Å². The Hall–Kier alpha value is -4.58. The van der Waals surface area contributed by atoms with Gasteiger partial charge in [0.1, 0.15) is 23.9 Å². The Bertz CT molecular complexity index is 2110. The predicted molar refractivity (Wildman–Crippen MR) is 220 cm³/mol. The van der Waals surface area contributed by atoms with Gasteiger partial charge in [0.25, 0.3) is 5.91 Å². The molecule has 3 fully saturated rings. The maximum atomic E-state index is 14.5. The molecule has 3 aliphatic rings. The standard InChI is InChI=1S/C43H52N5O7PS/c1-4-29(5-2)26-54-43(52)28(3)46-56(53,55-35-13-7-6-8-14-35)27-30-16-19-38-32(21-30)22-39(57-38)40(49)45-36-15-9-12-34-17-18-37(48(34)41(36)50)42(51)47-24-33(25-47)31-11-10-20-44-23-31/h6-8,10-11,13-14,16,19-23,28-29,33-34,36-37H,4-5,9,12,15,17-18,24-27H2,1-3H3,(H,45,49)(H,46,53)/t28-,34-,36-,37-,56?/m0/s1. The highest BCUT2D eigenvalue weighted by atomic mass is 32.1. The fourth-order valence-corrected chi connectivity index (χ4v) is 11.2. The van der Waals surface area contributed by atoms with Gasteiger partial charge in [-0.1, -0.05) is 57.0 Å². The molecule has 2 N–H and O–H groups in total.